The molecule has 1 atom stereocenters. The van der Waals surface area contributed by atoms with E-state index in [1.54, 1.807) is 38.1 Å². The second-order valence-electron chi connectivity index (χ2n) is 9.29. The van der Waals surface area contributed by atoms with Crippen molar-refractivity contribution < 1.29 is 27.5 Å². The van der Waals surface area contributed by atoms with Crippen molar-refractivity contribution in [1.29, 1.82) is 0 Å². The quantitative estimate of drug-likeness (QED) is 0.208. The molecule has 4 heterocycles. The summed E-state index contributed by atoms with van der Waals surface area (Å²) in [5, 5.41) is 15.8. The number of fused-ring (bicyclic) bond motifs is 1. The van der Waals surface area contributed by atoms with Crippen molar-refractivity contribution in [2.45, 2.75) is 26.1 Å². The molecule has 16 heteroatoms. The van der Waals surface area contributed by atoms with Gasteiger partial charge in [-0.1, -0.05) is 29.8 Å². The largest absolute Gasteiger partial charge is 0.420 e. The molecule has 3 amide bonds. The van der Waals surface area contributed by atoms with E-state index in [4.69, 9.17) is 16.3 Å². The van der Waals surface area contributed by atoms with Gasteiger partial charge in [-0.3, -0.25) is 4.79 Å². The Balaban J connectivity index is 1.37. The van der Waals surface area contributed by atoms with Crippen molar-refractivity contribution in [2.75, 3.05) is 23.1 Å². The first-order valence-corrected chi connectivity index (χ1v) is 13.0. The van der Waals surface area contributed by atoms with E-state index < -0.39 is 35.6 Å². The Labute approximate surface area is 246 Å². The summed E-state index contributed by atoms with van der Waals surface area (Å²) in [5.74, 6) is -1.00. The molecular weight excluding hydrogens is 591 g/mol. The molecule has 0 fully saturated rings. The Bertz CT molecular complexity index is 1840. The Morgan fingerprint density at radius 3 is 2.51 bits per heavy atom. The van der Waals surface area contributed by atoms with Gasteiger partial charge in [0.2, 0.25) is 0 Å². The number of alkyl halides is 3. The molecule has 0 unspecified atom stereocenters. The monoisotopic (exact) mass is 613 g/mol. The molecule has 0 saturated heterocycles. The fourth-order valence-corrected chi connectivity index (χ4v) is 4.43. The van der Waals surface area contributed by atoms with E-state index >= 15 is 0 Å². The van der Waals surface area contributed by atoms with E-state index in [0.717, 1.165) is 22.5 Å². The summed E-state index contributed by atoms with van der Waals surface area (Å²) in [5.41, 5.74) is 0.883. The smallest absolute Gasteiger partial charge is 0.375 e. The van der Waals surface area contributed by atoms with E-state index in [9.17, 15) is 22.8 Å². The summed E-state index contributed by atoms with van der Waals surface area (Å²) in [6, 6.07) is 8.24. The highest BCUT2D eigenvalue weighted by Gasteiger charge is 2.36. The molecule has 222 valence electrons. The molecule has 0 aliphatic rings. The van der Waals surface area contributed by atoms with Crippen LogP contribution >= 0.6 is 11.6 Å². The predicted octanol–water partition coefficient (Wildman–Crippen LogP) is 5.89. The van der Waals surface area contributed by atoms with Gasteiger partial charge in [-0.05, 0) is 31.5 Å². The summed E-state index contributed by atoms with van der Waals surface area (Å²) in [6.07, 6.45) is -0.611. The molecule has 12 nitrogen and oxygen atoms in total. The van der Waals surface area contributed by atoms with E-state index in [-0.39, 0.29) is 22.2 Å². The standard InChI is InChI=1S/C27H23ClF3N9O3/c1-14-6-4-5-7-18(14)25(41)35-17-11-34-39(13-17)24-19(27(29,30)31)8-16(10-33-24)36-26(42)37-20-12-32-22-9-21(28)38-40(22)23(20)15(2)43-3/h4-13,15H,1-3H3,(H,35,41)(H2,36,37,42)/t15-/m0/s1. The van der Waals surface area contributed by atoms with Gasteiger partial charge in [0.1, 0.15) is 5.56 Å². The number of aryl methyl sites for hydroxylation is 1. The van der Waals surface area contributed by atoms with Gasteiger partial charge in [0.05, 0.1) is 53.6 Å². The number of urea groups is 1. The average molecular weight is 614 g/mol. The van der Waals surface area contributed by atoms with Crippen molar-refractivity contribution in [2.24, 2.45) is 0 Å². The fraction of sp³-hybridized carbons (Fsp3) is 0.185. The number of anilines is 3. The minimum atomic E-state index is -4.86. The molecule has 5 aromatic rings. The van der Waals surface area contributed by atoms with E-state index in [1.165, 1.54) is 36.3 Å². The number of benzene rings is 1. The van der Waals surface area contributed by atoms with E-state index in [1.807, 2.05) is 0 Å². The number of aromatic nitrogens is 6. The van der Waals surface area contributed by atoms with Crippen molar-refractivity contribution >= 4 is 46.2 Å². The van der Waals surface area contributed by atoms with Crippen molar-refractivity contribution in [3.05, 3.63) is 88.7 Å². The number of nitrogens with zero attached hydrogens (tertiary/aromatic N) is 6. The Hall–Kier alpha value is -5.02. The number of amides is 3. The molecule has 43 heavy (non-hydrogen) atoms. The van der Waals surface area contributed by atoms with Gasteiger partial charge in [0, 0.05) is 18.7 Å². The van der Waals surface area contributed by atoms with Gasteiger partial charge in [-0.15, -0.1) is 0 Å². The molecule has 1 aromatic carbocycles. The normalized spacial score (nSPS) is 12.3. The zero-order valence-electron chi connectivity index (χ0n) is 22.8. The molecule has 5 rings (SSSR count). The highest BCUT2D eigenvalue weighted by Crippen LogP contribution is 2.35. The van der Waals surface area contributed by atoms with Crippen LogP contribution in [0.25, 0.3) is 11.5 Å². The van der Waals surface area contributed by atoms with Gasteiger partial charge in [-0.25, -0.2) is 24.0 Å². The van der Waals surface area contributed by atoms with Crippen LogP contribution in [0, 0.1) is 6.92 Å². The third kappa shape index (κ3) is 6.27. The molecule has 0 bridgehead atoms. The van der Waals surface area contributed by atoms with E-state index in [0.29, 0.717) is 16.9 Å². The molecule has 3 N–H and O–H groups in total. The van der Waals surface area contributed by atoms with Crippen LogP contribution in [0.15, 0.2) is 61.2 Å². The lowest BCUT2D eigenvalue weighted by Gasteiger charge is -2.17. The number of methoxy groups -OCH3 is 1. The summed E-state index contributed by atoms with van der Waals surface area (Å²) < 4.78 is 49.9. The lowest BCUT2D eigenvalue weighted by atomic mass is 10.1. The maximum atomic E-state index is 14.1. The van der Waals surface area contributed by atoms with Crippen LogP contribution in [0.3, 0.4) is 0 Å². The van der Waals surface area contributed by atoms with Crippen molar-refractivity contribution in [3.63, 3.8) is 0 Å². The number of carbonyl (C=O) groups excluding carboxylic acids is 2. The summed E-state index contributed by atoms with van der Waals surface area (Å²) >= 11 is 6.00. The first-order chi connectivity index (χ1) is 20.4. The topological polar surface area (TPSA) is 140 Å². The lowest BCUT2D eigenvalue weighted by molar-refractivity contribution is -0.137. The van der Waals surface area contributed by atoms with Gasteiger partial charge in [0.15, 0.2) is 16.6 Å². The number of hydrogen-bond acceptors (Lipinski definition) is 7. The van der Waals surface area contributed by atoms with Crippen molar-refractivity contribution in [3.8, 4) is 5.82 Å². The van der Waals surface area contributed by atoms with Crippen LogP contribution < -0.4 is 16.0 Å². The number of rotatable bonds is 7. The first-order valence-electron chi connectivity index (χ1n) is 12.6. The summed E-state index contributed by atoms with van der Waals surface area (Å²) in [6.45, 7) is 3.47. The highest BCUT2D eigenvalue weighted by molar-refractivity contribution is 6.29. The second kappa shape index (κ2) is 11.7. The third-order valence-electron chi connectivity index (χ3n) is 6.35. The summed E-state index contributed by atoms with van der Waals surface area (Å²) in [4.78, 5) is 33.6. The average Bonchev–Trinajstić information content (AvgIpc) is 3.57. The van der Waals surface area contributed by atoms with Gasteiger partial charge < -0.3 is 20.7 Å². The fourth-order valence-electron chi connectivity index (χ4n) is 4.25. The molecule has 0 radical (unpaired) electrons. The Kier molecular flexibility index (Phi) is 8.02. The third-order valence-corrected chi connectivity index (χ3v) is 6.54. The molecular formula is C27H23ClF3N9O3. The van der Waals surface area contributed by atoms with Crippen LogP contribution in [0.5, 0.6) is 0 Å². The maximum absolute atomic E-state index is 14.1. The second-order valence-corrected chi connectivity index (χ2v) is 9.67. The van der Waals surface area contributed by atoms with Gasteiger partial charge in [0.25, 0.3) is 5.91 Å². The van der Waals surface area contributed by atoms with E-state index in [2.05, 4.69) is 36.1 Å². The Morgan fingerprint density at radius 2 is 1.79 bits per heavy atom. The lowest BCUT2D eigenvalue weighted by Crippen LogP contribution is -2.23. The number of halogens is 4. The van der Waals surface area contributed by atoms with Crippen LogP contribution in [-0.2, 0) is 10.9 Å². The molecule has 0 spiro atoms. The number of ether oxygens (including phenoxy) is 1. The van der Waals surface area contributed by atoms with Gasteiger partial charge >= 0.3 is 12.2 Å². The number of hydrogen-bond donors (Lipinski definition) is 3. The van der Waals surface area contributed by atoms with Crippen LogP contribution in [0.1, 0.15) is 40.2 Å². The Morgan fingerprint density at radius 1 is 1.02 bits per heavy atom. The van der Waals surface area contributed by atoms with Crippen LogP contribution in [-0.4, -0.2) is 48.4 Å². The molecule has 4 aromatic heterocycles. The minimum Gasteiger partial charge on any atom is -0.375 e. The first kappa shape index (κ1) is 29.5. The van der Waals surface area contributed by atoms with Crippen LogP contribution in [0.2, 0.25) is 5.15 Å². The zero-order valence-corrected chi connectivity index (χ0v) is 23.5. The minimum absolute atomic E-state index is 0.162. The molecule has 0 aliphatic carbocycles. The molecule has 0 aliphatic heterocycles. The SMILES string of the molecule is CO[C@@H](C)c1c(NC(=O)Nc2cnc(-n3cc(NC(=O)c4ccccc4C)cn3)c(C(F)(F)F)c2)cnc2cc(Cl)nn12. The number of nitrogens with one attached hydrogen (secondary N) is 3. The zero-order chi connectivity index (χ0) is 30.9. The summed E-state index contributed by atoms with van der Waals surface area (Å²) in [7, 11) is 1.46. The van der Waals surface area contributed by atoms with Crippen molar-refractivity contribution in [1.82, 2.24) is 29.4 Å². The van der Waals surface area contributed by atoms with Crippen LogP contribution in [0.4, 0.5) is 35.0 Å². The highest BCUT2D eigenvalue weighted by atomic mass is 35.5. The maximum Gasteiger partial charge on any atom is 0.420 e. The number of carbonyl (C=O) groups is 2. The number of pyridine rings is 1. The predicted molar refractivity (Wildman–Crippen MR) is 152 cm³/mol. The molecule has 0 saturated carbocycles. The van der Waals surface area contributed by atoms with Gasteiger partial charge in [-0.2, -0.15) is 23.4 Å².